The van der Waals surface area contributed by atoms with Crippen molar-refractivity contribution in [3.05, 3.63) is 60.9 Å². The number of thioether (sulfide) groups is 1. The van der Waals surface area contributed by atoms with Crippen molar-refractivity contribution in [1.82, 2.24) is 15.0 Å². The maximum absolute atomic E-state index is 5.70. The molecule has 0 spiro atoms. The molecule has 4 nitrogen and oxygen atoms in total. The second-order valence-corrected chi connectivity index (χ2v) is 4.75. The molecular weight excluding hydrogens is 258 g/mol. The van der Waals surface area contributed by atoms with Gasteiger partial charge in [-0.25, -0.2) is 15.0 Å². The number of rotatable bonds is 4. The van der Waals surface area contributed by atoms with E-state index in [2.05, 4.69) is 15.0 Å². The fraction of sp³-hybridized carbons (Fsp3) is 0.0714. The van der Waals surface area contributed by atoms with Crippen LogP contribution in [0.4, 0.5) is 0 Å². The smallest absolute Gasteiger partial charge is 0.205 e. The monoisotopic (exact) mass is 269 g/mol. The van der Waals surface area contributed by atoms with Crippen molar-refractivity contribution in [2.24, 2.45) is 0 Å². The summed E-state index contributed by atoms with van der Waals surface area (Å²) in [6, 6.07) is 11.7. The van der Waals surface area contributed by atoms with Crippen LogP contribution in [-0.2, 0) is 5.75 Å². The Labute approximate surface area is 114 Å². The maximum atomic E-state index is 5.70. The molecule has 19 heavy (non-hydrogen) atoms. The van der Waals surface area contributed by atoms with Crippen LogP contribution < -0.4 is 0 Å². The highest BCUT2D eigenvalue weighted by Gasteiger charge is 2.07. The highest BCUT2D eigenvalue weighted by atomic mass is 32.2. The van der Waals surface area contributed by atoms with Crippen molar-refractivity contribution in [2.45, 2.75) is 10.9 Å². The molecule has 0 aliphatic heterocycles. The van der Waals surface area contributed by atoms with Gasteiger partial charge in [-0.15, -0.1) is 0 Å². The van der Waals surface area contributed by atoms with E-state index in [0.29, 0.717) is 11.6 Å². The van der Waals surface area contributed by atoms with E-state index in [-0.39, 0.29) is 0 Å². The molecule has 0 unspecified atom stereocenters. The highest BCUT2D eigenvalue weighted by Crippen LogP contribution is 2.23. The maximum Gasteiger partial charge on any atom is 0.205 e. The molecule has 5 heteroatoms. The molecule has 0 aliphatic rings. The second kappa shape index (κ2) is 5.67. The molecule has 2 heterocycles. The molecule has 0 radical (unpaired) electrons. The zero-order chi connectivity index (χ0) is 12.9. The average Bonchev–Trinajstić information content (AvgIpc) is 2.96. The first-order valence-electron chi connectivity index (χ1n) is 5.82. The Morgan fingerprint density at radius 1 is 0.947 bits per heavy atom. The van der Waals surface area contributed by atoms with Gasteiger partial charge in [0.15, 0.2) is 10.9 Å². The van der Waals surface area contributed by atoms with E-state index in [0.717, 1.165) is 16.5 Å². The zero-order valence-electron chi connectivity index (χ0n) is 10.1. The van der Waals surface area contributed by atoms with Gasteiger partial charge in [0, 0.05) is 18.0 Å². The number of oxazole rings is 1. The Morgan fingerprint density at radius 2 is 1.74 bits per heavy atom. The molecule has 0 saturated carbocycles. The lowest BCUT2D eigenvalue weighted by Crippen LogP contribution is -1.85. The second-order valence-electron chi connectivity index (χ2n) is 3.80. The SMILES string of the molecule is c1ccc(-c2cnc(CSc3ncccn3)o2)cc1. The summed E-state index contributed by atoms with van der Waals surface area (Å²) in [5, 5.41) is 0.724. The predicted octanol–water partition coefficient (Wildman–Crippen LogP) is 3.42. The van der Waals surface area contributed by atoms with E-state index in [1.165, 1.54) is 11.8 Å². The van der Waals surface area contributed by atoms with Crippen LogP contribution in [0.25, 0.3) is 11.3 Å². The molecule has 0 amide bonds. The van der Waals surface area contributed by atoms with Gasteiger partial charge in [-0.05, 0) is 6.07 Å². The van der Waals surface area contributed by atoms with E-state index in [1.807, 2.05) is 30.3 Å². The summed E-state index contributed by atoms with van der Waals surface area (Å²) >= 11 is 1.50. The molecule has 94 valence electrons. The van der Waals surface area contributed by atoms with E-state index in [4.69, 9.17) is 4.42 Å². The minimum atomic E-state index is 0.622. The van der Waals surface area contributed by atoms with Gasteiger partial charge < -0.3 is 4.42 Å². The van der Waals surface area contributed by atoms with E-state index < -0.39 is 0 Å². The molecule has 2 aromatic heterocycles. The lowest BCUT2D eigenvalue weighted by molar-refractivity contribution is 0.530. The minimum Gasteiger partial charge on any atom is -0.440 e. The highest BCUT2D eigenvalue weighted by molar-refractivity contribution is 7.98. The number of hydrogen-bond donors (Lipinski definition) is 0. The summed E-state index contributed by atoms with van der Waals surface area (Å²) < 4.78 is 5.70. The van der Waals surface area contributed by atoms with Crippen LogP contribution in [0, 0.1) is 0 Å². The molecule has 0 fully saturated rings. The molecular formula is C14H11N3OS. The van der Waals surface area contributed by atoms with Crippen molar-refractivity contribution >= 4 is 11.8 Å². The topological polar surface area (TPSA) is 51.8 Å². The van der Waals surface area contributed by atoms with Gasteiger partial charge in [-0.2, -0.15) is 0 Å². The van der Waals surface area contributed by atoms with Gasteiger partial charge in [0.2, 0.25) is 5.89 Å². The summed E-state index contributed by atoms with van der Waals surface area (Å²) in [7, 11) is 0. The van der Waals surface area contributed by atoms with Crippen molar-refractivity contribution in [2.75, 3.05) is 0 Å². The van der Waals surface area contributed by atoms with Crippen molar-refractivity contribution in [1.29, 1.82) is 0 Å². The van der Waals surface area contributed by atoms with Crippen LogP contribution in [0.2, 0.25) is 0 Å². The third-order valence-corrected chi connectivity index (χ3v) is 3.34. The Kier molecular flexibility index (Phi) is 3.56. The van der Waals surface area contributed by atoms with Crippen LogP contribution in [0.15, 0.2) is 64.6 Å². The third kappa shape index (κ3) is 3.00. The molecule has 0 atom stereocenters. The number of nitrogens with zero attached hydrogens (tertiary/aromatic N) is 3. The Bertz CT molecular complexity index is 640. The van der Waals surface area contributed by atoms with Crippen molar-refractivity contribution in [3.8, 4) is 11.3 Å². The minimum absolute atomic E-state index is 0.622. The fourth-order valence-corrected chi connectivity index (χ4v) is 2.26. The first-order valence-corrected chi connectivity index (χ1v) is 6.80. The lowest BCUT2D eigenvalue weighted by Gasteiger charge is -1.96. The summed E-state index contributed by atoms with van der Waals surface area (Å²) in [5.74, 6) is 2.08. The Morgan fingerprint density at radius 3 is 2.53 bits per heavy atom. The molecule has 0 aliphatic carbocycles. The van der Waals surface area contributed by atoms with Crippen LogP contribution in [0.1, 0.15) is 5.89 Å². The number of benzene rings is 1. The Hall–Kier alpha value is -2.14. The van der Waals surface area contributed by atoms with Gasteiger partial charge in [-0.1, -0.05) is 42.1 Å². The largest absolute Gasteiger partial charge is 0.440 e. The number of aromatic nitrogens is 3. The van der Waals surface area contributed by atoms with Crippen LogP contribution in [0.5, 0.6) is 0 Å². The zero-order valence-corrected chi connectivity index (χ0v) is 10.9. The van der Waals surface area contributed by atoms with Crippen LogP contribution >= 0.6 is 11.8 Å². The molecule has 3 aromatic rings. The normalized spacial score (nSPS) is 10.5. The molecule has 0 saturated heterocycles. The number of hydrogen-bond acceptors (Lipinski definition) is 5. The van der Waals surface area contributed by atoms with Gasteiger partial charge >= 0.3 is 0 Å². The summed E-state index contributed by atoms with van der Waals surface area (Å²) in [4.78, 5) is 12.5. The summed E-state index contributed by atoms with van der Waals surface area (Å²) in [5.41, 5.74) is 1.03. The molecule has 0 N–H and O–H groups in total. The summed E-state index contributed by atoms with van der Waals surface area (Å²) in [6.45, 7) is 0. The fourth-order valence-electron chi connectivity index (χ4n) is 1.60. The lowest BCUT2D eigenvalue weighted by atomic mass is 10.2. The van der Waals surface area contributed by atoms with Gasteiger partial charge in [-0.3, -0.25) is 0 Å². The predicted molar refractivity (Wildman–Crippen MR) is 73.5 cm³/mol. The Balaban J connectivity index is 1.69. The van der Waals surface area contributed by atoms with E-state index in [1.54, 1.807) is 24.7 Å². The molecule has 1 aromatic carbocycles. The van der Waals surface area contributed by atoms with Crippen LogP contribution in [0.3, 0.4) is 0 Å². The molecule has 0 bridgehead atoms. The summed E-state index contributed by atoms with van der Waals surface area (Å²) in [6.07, 6.45) is 5.19. The first-order chi connectivity index (χ1) is 9.42. The van der Waals surface area contributed by atoms with Gasteiger partial charge in [0.1, 0.15) is 0 Å². The van der Waals surface area contributed by atoms with Crippen LogP contribution in [-0.4, -0.2) is 15.0 Å². The van der Waals surface area contributed by atoms with Gasteiger partial charge in [0.25, 0.3) is 0 Å². The van der Waals surface area contributed by atoms with E-state index in [9.17, 15) is 0 Å². The third-order valence-electron chi connectivity index (χ3n) is 2.48. The van der Waals surface area contributed by atoms with Crippen molar-refractivity contribution < 1.29 is 4.42 Å². The van der Waals surface area contributed by atoms with Gasteiger partial charge in [0.05, 0.1) is 11.9 Å². The first kappa shape index (κ1) is 11.9. The quantitative estimate of drug-likeness (QED) is 0.536. The molecule has 3 rings (SSSR count). The van der Waals surface area contributed by atoms with E-state index >= 15 is 0 Å². The average molecular weight is 269 g/mol. The van der Waals surface area contributed by atoms with Crippen molar-refractivity contribution in [3.63, 3.8) is 0 Å². The standard InChI is InChI=1S/C14H11N3OS/c1-2-5-11(6-3-1)12-9-17-13(18-12)10-19-14-15-7-4-8-16-14/h1-9H,10H2.